The molecule has 8 N–H and O–H groups in total. The molecule has 7 heteroatoms. The number of anilines is 3. The molecule has 0 amide bonds. The quantitative estimate of drug-likeness (QED) is 0.242. The zero-order valence-corrected chi connectivity index (χ0v) is 12.9. The Morgan fingerprint density at radius 2 is 1.22 bits per heavy atom. The van der Waals surface area contributed by atoms with E-state index in [1.807, 2.05) is 0 Å². The number of phenols is 2. The first-order chi connectivity index (χ1) is 10.7. The SMILES string of the molecule is Cc1c(N)c(O)c2c(=O)c3c(O)c(N)c(N)c(C)c3oc2c1C. The first kappa shape index (κ1) is 14.8. The first-order valence-corrected chi connectivity index (χ1v) is 6.93. The predicted molar refractivity (Wildman–Crippen MR) is 90.8 cm³/mol. The average Bonchev–Trinajstić information content (AvgIpc) is 2.53. The maximum absolute atomic E-state index is 12.8. The van der Waals surface area contributed by atoms with Crippen LogP contribution in [0.1, 0.15) is 16.7 Å². The van der Waals surface area contributed by atoms with Gasteiger partial charge in [-0.05, 0) is 31.9 Å². The number of nitrogen functional groups attached to an aromatic ring is 3. The van der Waals surface area contributed by atoms with E-state index in [0.717, 1.165) is 0 Å². The lowest BCUT2D eigenvalue weighted by atomic mass is 9.99. The molecule has 7 nitrogen and oxygen atoms in total. The molecule has 23 heavy (non-hydrogen) atoms. The van der Waals surface area contributed by atoms with Gasteiger partial charge in [0.2, 0.25) is 5.43 Å². The minimum Gasteiger partial charge on any atom is -0.505 e. The third kappa shape index (κ3) is 1.67. The van der Waals surface area contributed by atoms with Crippen molar-refractivity contribution in [1.29, 1.82) is 0 Å². The van der Waals surface area contributed by atoms with Crippen LogP contribution in [-0.4, -0.2) is 10.2 Å². The number of aromatic hydroxyl groups is 2. The summed E-state index contributed by atoms with van der Waals surface area (Å²) in [5.74, 6) is -0.832. The van der Waals surface area contributed by atoms with Gasteiger partial charge < -0.3 is 31.8 Å². The predicted octanol–water partition coefficient (Wildman–Crippen LogP) is 2.03. The van der Waals surface area contributed by atoms with E-state index >= 15 is 0 Å². The molecule has 3 aromatic rings. The molecule has 0 radical (unpaired) electrons. The van der Waals surface area contributed by atoms with Crippen molar-refractivity contribution < 1.29 is 14.6 Å². The standard InChI is InChI=1S/C16H17N3O4/c1-4-5(2)15-7(13(21)10(4)18)12(20)8-14(22)11(19)9(17)6(3)16(8)23-15/h21-22H,17-19H2,1-3H3. The van der Waals surface area contributed by atoms with E-state index in [-0.39, 0.29) is 44.8 Å². The van der Waals surface area contributed by atoms with E-state index in [9.17, 15) is 15.0 Å². The summed E-state index contributed by atoms with van der Waals surface area (Å²) in [7, 11) is 0. The number of fused-ring (bicyclic) bond motifs is 2. The molecule has 0 aliphatic carbocycles. The fourth-order valence-electron chi connectivity index (χ4n) is 2.76. The first-order valence-electron chi connectivity index (χ1n) is 6.93. The summed E-state index contributed by atoms with van der Waals surface area (Å²) in [5, 5.41) is 20.3. The van der Waals surface area contributed by atoms with Gasteiger partial charge in [0.05, 0.1) is 17.1 Å². The van der Waals surface area contributed by atoms with Gasteiger partial charge in [0.15, 0.2) is 11.5 Å². The second-order valence-electron chi connectivity index (χ2n) is 5.65. The van der Waals surface area contributed by atoms with Gasteiger partial charge in [-0.15, -0.1) is 0 Å². The smallest absolute Gasteiger partial charge is 0.208 e. The highest BCUT2D eigenvalue weighted by molar-refractivity contribution is 6.05. The summed E-state index contributed by atoms with van der Waals surface area (Å²) in [5.41, 5.74) is 19.0. The zero-order chi connectivity index (χ0) is 17.2. The zero-order valence-electron chi connectivity index (χ0n) is 12.9. The fourth-order valence-corrected chi connectivity index (χ4v) is 2.76. The molecule has 0 saturated carbocycles. The van der Waals surface area contributed by atoms with Crippen LogP contribution in [0.25, 0.3) is 21.9 Å². The molecule has 0 fully saturated rings. The minimum absolute atomic E-state index is 0.0861. The van der Waals surface area contributed by atoms with Gasteiger partial charge in [-0.3, -0.25) is 4.79 Å². The van der Waals surface area contributed by atoms with E-state index in [4.69, 9.17) is 21.6 Å². The van der Waals surface area contributed by atoms with Crippen molar-refractivity contribution in [3.63, 3.8) is 0 Å². The van der Waals surface area contributed by atoms with Crippen LogP contribution in [0.4, 0.5) is 17.1 Å². The molecule has 0 saturated heterocycles. The lowest BCUT2D eigenvalue weighted by molar-refractivity contribution is 0.480. The molecule has 120 valence electrons. The van der Waals surface area contributed by atoms with Crippen LogP contribution in [0, 0.1) is 20.8 Å². The number of hydrogen-bond acceptors (Lipinski definition) is 7. The normalized spacial score (nSPS) is 11.4. The summed E-state index contributed by atoms with van der Waals surface area (Å²) in [6.07, 6.45) is 0. The third-order valence-corrected chi connectivity index (χ3v) is 4.44. The van der Waals surface area contributed by atoms with Crippen molar-refractivity contribution in [3.05, 3.63) is 26.9 Å². The van der Waals surface area contributed by atoms with Crippen LogP contribution < -0.4 is 22.6 Å². The van der Waals surface area contributed by atoms with Crippen LogP contribution in [0.3, 0.4) is 0 Å². The number of rotatable bonds is 0. The van der Waals surface area contributed by atoms with Gasteiger partial charge >= 0.3 is 0 Å². The van der Waals surface area contributed by atoms with Crippen molar-refractivity contribution in [2.45, 2.75) is 20.8 Å². The van der Waals surface area contributed by atoms with E-state index in [0.29, 0.717) is 16.7 Å². The molecule has 0 spiro atoms. The van der Waals surface area contributed by atoms with Crippen molar-refractivity contribution in [3.8, 4) is 11.5 Å². The summed E-state index contributed by atoms with van der Waals surface area (Å²) >= 11 is 0. The van der Waals surface area contributed by atoms with Crippen LogP contribution in [-0.2, 0) is 0 Å². The van der Waals surface area contributed by atoms with Crippen molar-refractivity contribution in [2.75, 3.05) is 17.2 Å². The van der Waals surface area contributed by atoms with Gasteiger partial charge in [-0.2, -0.15) is 0 Å². The minimum atomic E-state index is -0.610. The van der Waals surface area contributed by atoms with Gasteiger partial charge in [-0.1, -0.05) is 0 Å². The van der Waals surface area contributed by atoms with E-state index < -0.39 is 11.2 Å². The molecule has 0 unspecified atom stereocenters. The Bertz CT molecular complexity index is 987. The summed E-state index contributed by atoms with van der Waals surface area (Å²) in [6.45, 7) is 5.09. The molecule has 3 rings (SSSR count). The summed E-state index contributed by atoms with van der Waals surface area (Å²) < 4.78 is 5.81. The Kier molecular flexibility index (Phi) is 2.87. The number of hydrogen-bond donors (Lipinski definition) is 5. The highest BCUT2D eigenvalue weighted by atomic mass is 16.3. The van der Waals surface area contributed by atoms with Gasteiger partial charge in [-0.25, -0.2) is 0 Å². The van der Waals surface area contributed by atoms with Crippen molar-refractivity contribution in [2.24, 2.45) is 0 Å². The summed E-state index contributed by atoms with van der Waals surface area (Å²) in [4.78, 5) is 12.8. The molecule has 0 aliphatic rings. The van der Waals surface area contributed by atoms with Gasteiger partial charge in [0.25, 0.3) is 0 Å². The number of benzene rings is 2. The van der Waals surface area contributed by atoms with Crippen LogP contribution in [0.5, 0.6) is 11.5 Å². The molecular weight excluding hydrogens is 298 g/mol. The highest BCUT2D eigenvalue weighted by Gasteiger charge is 2.23. The largest absolute Gasteiger partial charge is 0.505 e. The Labute approximate surface area is 130 Å². The lowest BCUT2D eigenvalue weighted by Crippen LogP contribution is -2.09. The average molecular weight is 315 g/mol. The molecule has 2 aromatic carbocycles. The number of phenolic OH excluding ortho intramolecular Hbond substituents is 2. The molecule has 1 aromatic heterocycles. The maximum Gasteiger partial charge on any atom is 0.208 e. The monoisotopic (exact) mass is 315 g/mol. The van der Waals surface area contributed by atoms with E-state index in [1.54, 1.807) is 20.8 Å². The van der Waals surface area contributed by atoms with Crippen LogP contribution in [0.15, 0.2) is 9.21 Å². The Balaban J connectivity index is 2.77. The maximum atomic E-state index is 12.8. The topological polar surface area (TPSA) is 149 Å². The fraction of sp³-hybridized carbons (Fsp3) is 0.188. The second kappa shape index (κ2) is 4.45. The number of aryl methyl sites for hydroxylation is 2. The molecule has 0 atom stereocenters. The van der Waals surface area contributed by atoms with Crippen LogP contribution in [0.2, 0.25) is 0 Å². The molecule has 1 heterocycles. The second-order valence-corrected chi connectivity index (χ2v) is 5.65. The molecule has 0 bridgehead atoms. The molecular formula is C16H17N3O4. The van der Waals surface area contributed by atoms with E-state index in [1.165, 1.54) is 0 Å². The van der Waals surface area contributed by atoms with Crippen molar-refractivity contribution >= 4 is 39.0 Å². The Morgan fingerprint density at radius 3 is 1.78 bits per heavy atom. The summed E-state index contributed by atoms with van der Waals surface area (Å²) in [6, 6.07) is 0. The Hall–Kier alpha value is -3.09. The highest BCUT2D eigenvalue weighted by Crippen LogP contribution is 2.42. The van der Waals surface area contributed by atoms with Crippen LogP contribution >= 0.6 is 0 Å². The Morgan fingerprint density at radius 1 is 0.739 bits per heavy atom. The number of nitrogens with two attached hydrogens (primary N) is 3. The third-order valence-electron chi connectivity index (χ3n) is 4.44. The van der Waals surface area contributed by atoms with Crippen molar-refractivity contribution in [1.82, 2.24) is 0 Å². The van der Waals surface area contributed by atoms with E-state index in [2.05, 4.69) is 0 Å². The molecule has 0 aliphatic heterocycles. The van der Waals surface area contributed by atoms with Gasteiger partial charge in [0, 0.05) is 5.56 Å². The van der Waals surface area contributed by atoms with Gasteiger partial charge in [0.1, 0.15) is 21.9 Å². The lowest BCUT2D eigenvalue weighted by Gasteiger charge is -2.15.